The van der Waals surface area contributed by atoms with Crippen LogP contribution in [-0.4, -0.2) is 61.3 Å². The van der Waals surface area contributed by atoms with Crippen LogP contribution in [0.25, 0.3) is 0 Å². The molecule has 0 spiro atoms. The molecule has 5 nitrogen and oxygen atoms in total. The molecule has 3 heterocycles. The fourth-order valence-electron chi connectivity index (χ4n) is 4.69. The van der Waals surface area contributed by atoms with Gasteiger partial charge in [-0.25, -0.2) is 8.42 Å². The first-order valence-electron chi connectivity index (χ1n) is 10.8. The first-order chi connectivity index (χ1) is 14.5. The molecule has 2 unspecified atom stereocenters. The number of nitrogens with zero attached hydrogens (tertiary/aromatic N) is 2. The Morgan fingerprint density at radius 2 is 2.03 bits per heavy atom. The van der Waals surface area contributed by atoms with Crippen LogP contribution in [0.1, 0.15) is 48.2 Å². The molecule has 2 aliphatic rings. The highest BCUT2D eigenvalue weighted by molar-refractivity contribution is 7.91. The number of carbonyl (C=O) groups is 1. The van der Waals surface area contributed by atoms with Gasteiger partial charge in [-0.05, 0) is 41.8 Å². The highest BCUT2D eigenvalue weighted by Crippen LogP contribution is 2.37. The van der Waals surface area contributed by atoms with Crippen LogP contribution in [0, 0.1) is 0 Å². The summed E-state index contributed by atoms with van der Waals surface area (Å²) in [6.07, 6.45) is 3.40. The van der Waals surface area contributed by atoms with Gasteiger partial charge >= 0.3 is 0 Å². The van der Waals surface area contributed by atoms with Crippen LogP contribution in [0.3, 0.4) is 0 Å². The van der Waals surface area contributed by atoms with E-state index in [0.29, 0.717) is 19.5 Å². The molecule has 0 N–H and O–H groups in total. The number of benzene rings is 1. The molecule has 0 aliphatic carbocycles. The van der Waals surface area contributed by atoms with Crippen molar-refractivity contribution in [2.24, 2.45) is 0 Å². The molecular formula is C23H30N2O3S2. The van der Waals surface area contributed by atoms with Crippen LogP contribution in [0.15, 0.2) is 41.8 Å². The van der Waals surface area contributed by atoms with Gasteiger partial charge in [0, 0.05) is 24.0 Å². The maximum atomic E-state index is 13.4. The Morgan fingerprint density at radius 3 is 2.73 bits per heavy atom. The van der Waals surface area contributed by atoms with Gasteiger partial charge < -0.3 is 4.90 Å². The average molecular weight is 447 g/mol. The molecule has 1 saturated heterocycles. The monoisotopic (exact) mass is 446 g/mol. The minimum Gasteiger partial charge on any atom is -0.338 e. The van der Waals surface area contributed by atoms with E-state index in [1.165, 1.54) is 16.0 Å². The first kappa shape index (κ1) is 21.5. The molecule has 7 heteroatoms. The zero-order chi connectivity index (χ0) is 21.1. The third-order valence-corrected chi connectivity index (χ3v) is 8.99. The van der Waals surface area contributed by atoms with E-state index in [1.54, 1.807) is 11.3 Å². The van der Waals surface area contributed by atoms with Crippen molar-refractivity contribution >= 4 is 27.1 Å². The molecule has 2 aliphatic heterocycles. The summed E-state index contributed by atoms with van der Waals surface area (Å²) in [6.45, 7) is 3.91. The van der Waals surface area contributed by atoms with Gasteiger partial charge in [-0.15, -0.1) is 11.3 Å². The highest BCUT2D eigenvalue weighted by Gasteiger charge is 2.36. The largest absolute Gasteiger partial charge is 0.338 e. The number of unbranched alkanes of at least 4 members (excludes halogenated alkanes) is 1. The number of rotatable bonds is 7. The molecule has 1 fully saturated rings. The predicted molar refractivity (Wildman–Crippen MR) is 122 cm³/mol. The summed E-state index contributed by atoms with van der Waals surface area (Å²) in [5, 5.41) is 2.14. The lowest BCUT2D eigenvalue weighted by Gasteiger charge is -2.38. The van der Waals surface area contributed by atoms with E-state index in [2.05, 4.69) is 35.4 Å². The minimum atomic E-state index is -3.02. The minimum absolute atomic E-state index is 0.0603. The molecule has 0 saturated carbocycles. The Kier molecular flexibility index (Phi) is 6.60. The maximum absolute atomic E-state index is 13.4. The Morgan fingerprint density at radius 1 is 1.23 bits per heavy atom. The topological polar surface area (TPSA) is 57.7 Å². The lowest BCUT2D eigenvalue weighted by molar-refractivity contribution is -0.135. The molecule has 4 rings (SSSR count). The van der Waals surface area contributed by atoms with E-state index >= 15 is 0 Å². The number of fused-ring (bicyclic) bond motifs is 1. The third kappa shape index (κ3) is 4.63. The number of amides is 1. The van der Waals surface area contributed by atoms with Gasteiger partial charge in [-0.3, -0.25) is 9.69 Å². The average Bonchev–Trinajstić information content (AvgIpc) is 3.35. The Labute approximate surface area is 183 Å². The molecule has 30 heavy (non-hydrogen) atoms. The van der Waals surface area contributed by atoms with Crippen LogP contribution >= 0.6 is 11.3 Å². The Bertz CT molecular complexity index is 971. The Balaban J connectivity index is 1.56. The van der Waals surface area contributed by atoms with Gasteiger partial charge in [0.2, 0.25) is 5.91 Å². The Hall–Kier alpha value is -1.70. The molecule has 162 valence electrons. The van der Waals surface area contributed by atoms with E-state index in [-0.39, 0.29) is 29.5 Å². The number of thiophene rings is 1. The van der Waals surface area contributed by atoms with Gasteiger partial charge in [0.05, 0.1) is 24.1 Å². The number of carbonyl (C=O) groups excluding carboxylic acids is 1. The molecule has 1 amide bonds. The van der Waals surface area contributed by atoms with Crippen molar-refractivity contribution < 1.29 is 13.2 Å². The second-order valence-electron chi connectivity index (χ2n) is 8.33. The summed E-state index contributed by atoms with van der Waals surface area (Å²) in [4.78, 5) is 19.0. The molecule has 2 aromatic rings. The fraction of sp³-hybridized carbons (Fsp3) is 0.522. The predicted octanol–water partition coefficient (Wildman–Crippen LogP) is 3.51. The van der Waals surface area contributed by atoms with E-state index in [9.17, 15) is 13.2 Å². The smallest absolute Gasteiger partial charge is 0.237 e. The normalized spacial score (nSPS) is 23.2. The summed E-state index contributed by atoms with van der Waals surface area (Å²) in [6, 6.07) is 12.5. The summed E-state index contributed by atoms with van der Waals surface area (Å²) in [5.74, 6) is 0.367. The van der Waals surface area contributed by atoms with Crippen LogP contribution < -0.4 is 0 Å². The standard InChI is InChI=1S/C23H30N2O3S2/c1-2-3-12-25(19-11-15-30(27,28)17-19)22(26)16-24-13-9-21-20(10-14-29-21)23(24)18-7-5-4-6-8-18/h4-8,10,14,19,23H,2-3,9,11-13,15-17H2,1H3. The highest BCUT2D eigenvalue weighted by atomic mass is 32.2. The summed E-state index contributed by atoms with van der Waals surface area (Å²) in [7, 11) is -3.02. The molecule has 1 aromatic heterocycles. The van der Waals surface area contributed by atoms with E-state index < -0.39 is 9.84 Å². The van der Waals surface area contributed by atoms with Crippen molar-refractivity contribution in [1.29, 1.82) is 0 Å². The zero-order valence-electron chi connectivity index (χ0n) is 17.5. The third-order valence-electron chi connectivity index (χ3n) is 6.24. The van der Waals surface area contributed by atoms with Crippen LogP contribution in [0.2, 0.25) is 0 Å². The van der Waals surface area contributed by atoms with Crippen molar-refractivity contribution in [3.05, 3.63) is 57.8 Å². The maximum Gasteiger partial charge on any atom is 0.237 e. The van der Waals surface area contributed by atoms with E-state index in [4.69, 9.17) is 0 Å². The summed E-state index contributed by atoms with van der Waals surface area (Å²) < 4.78 is 24.1. The lowest BCUT2D eigenvalue weighted by Crippen LogP contribution is -2.48. The molecular weight excluding hydrogens is 416 g/mol. The summed E-state index contributed by atoms with van der Waals surface area (Å²) in [5.41, 5.74) is 2.50. The fourth-order valence-corrected chi connectivity index (χ4v) is 7.32. The first-order valence-corrected chi connectivity index (χ1v) is 13.5. The van der Waals surface area contributed by atoms with Gasteiger partial charge in [0.1, 0.15) is 0 Å². The van der Waals surface area contributed by atoms with Crippen LogP contribution in [-0.2, 0) is 21.1 Å². The molecule has 1 aromatic carbocycles. The van der Waals surface area contributed by atoms with Gasteiger partial charge in [0.25, 0.3) is 0 Å². The van der Waals surface area contributed by atoms with Crippen molar-refractivity contribution in [1.82, 2.24) is 9.80 Å². The molecule has 0 radical (unpaired) electrons. The second kappa shape index (κ2) is 9.20. The van der Waals surface area contributed by atoms with Crippen molar-refractivity contribution in [2.45, 2.75) is 44.7 Å². The van der Waals surface area contributed by atoms with Crippen molar-refractivity contribution in [3.63, 3.8) is 0 Å². The van der Waals surface area contributed by atoms with Crippen LogP contribution in [0.5, 0.6) is 0 Å². The van der Waals surface area contributed by atoms with E-state index in [1.807, 2.05) is 23.1 Å². The lowest BCUT2D eigenvalue weighted by atomic mass is 9.93. The molecule has 0 bridgehead atoms. The number of sulfone groups is 1. The SMILES string of the molecule is CCCCN(C(=O)CN1CCc2sccc2C1c1ccccc1)C1CCS(=O)(=O)C1. The number of hydrogen-bond acceptors (Lipinski definition) is 5. The van der Waals surface area contributed by atoms with E-state index in [0.717, 1.165) is 25.8 Å². The quantitative estimate of drug-likeness (QED) is 0.653. The van der Waals surface area contributed by atoms with Gasteiger partial charge in [0.15, 0.2) is 9.84 Å². The van der Waals surface area contributed by atoms with Crippen molar-refractivity contribution in [2.75, 3.05) is 31.1 Å². The number of hydrogen-bond donors (Lipinski definition) is 0. The van der Waals surface area contributed by atoms with Crippen molar-refractivity contribution in [3.8, 4) is 0 Å². The zero-order valence-corrected chi connectivity index (χ0v) is 19.1. The summed E-state index contributed by atoms with van der Waals surface area (Å²) >= 11 is 1.79. The second-order valence-corrected chi connectivity index (χ2v) is 11.6. The van der Waals surface area contributed by atoms with Gasteiger partial charge in [-0.1, -0.05) is 43.7 Å². The molecule has 2 atom stereocenters. The van der Waals surface area contributed by atoms with Crippen LogP contribution in [0.4, 0.5) is 0 Å². The van der Waals surface area contributed by atoms with Gasteiger partial charge in [-0.2, -0.15) is 0 Å².